The maximum atomic E-state index is 12.6. The van der Waals surface area contributed by atoms with Crippen molar-refractivity contribution in [3.8, 4) is 0 Å². The molecule has 5 rings (SSSR count). The third-order valence-corrected chi connectivity index (χ3v) is 6.50. The maximum Gasteiger partial charge on any atom is 0.341 e. The van der Waals surface area contributed by atoms with E-state index >= 15 is 0 Å². The van der Waals surface area contributed by atoms with Gasteiger partial charge in [0.25, 0.3) is 0 Å². The highest BCUT2D eigenvalue weighted by Crippen LogP contribution is 2.55. The Bertz CT molecular complexity index is 1120. The van der Waals surface area contributed by atoms with Gasteiger partial charge >= 0.3 is 5.97 Å². The SMILES string of the molecule is CC(C)C1CC2C=C(C3CC3)C(c3ccncc3)=C2c2cc(=O)c(C(=O)O)cn21. The van der Waals surface area contributed by atoms with Crippen LogP contribution >= 0.6 is 0 Å². The van der Waals surface area contributed by atoms with Crippen molar-refractivity contribution in [3.63, 3.8) is 0 Å². The van der Waals surface area contributed by atoms with Gasteiger partial charge in [-0.2, -0.15) is 0 Å². The molecule has 1 N–H and O–H groups in total. The highest BCUT2D eigenvalue weighted by Gasteiger charge is 2.41. The number of allylic oxidation sites excluding steroid dienone is 4. The third-order valence-electron chi connectivity index (χ3n) is 6.50. The number of fused-ring (bicyclic) bond motifs is 3. The van der Waals surface area contributed by atoms with Crippen molar-refractivity contribution in [1.82, 2.24) is 9.55 Å². The first kappa shape index (κ1) is 18.1. The van der Waals surface area contributed by atoms with Crippen molar-refractivity contribution in [2.24, 2.45) is 17.8 Å². The largest absolute Gasteiger partial charge is 0.477 e. The lowest BCUT2D eigenvalue weighted by molar-refractivity contribution is 0.0694. The Balaban J connectivity index is 1.80. The van der Waals surface area contributed by atoms with Gasteiger partial charge in [0.1, 0.15) is 5.56 Å². The lowest BCUT2D eigenvalue weighted by atomic mass is 9.81. The molecule has 2 unspecified atom stereocenters. The normalized spacial score (nSPS) is 23.1. The molecule has 0 saturated heterocycles. The highest BCUT2D eigenvalue weighted by molar-refractivity contribution is 6.03. The molecule has 3 heterocycles. The maximum absolute atomic E-state index is 12.6. The first-order chi connectivity index (χ1) is 14.0. The molecule has 1 fully saturated rings. The molecule has 5 heteroatoms. The number of aromatic nitrogens is 2. The minimum atomic E-state index is -1.17. The number of carboxylic acid groups (broad SMARTS) is 1. The lowest BCUT2D eigenvalue weighted by Gasteiger charge is -2.36. The standard InChI is InChI=1S/C24H24N2O3/c1-13(2)19-10-16-9-17(14-3-4-14)22(15-5-7-25-8-6-15)23(16)20-11-21(27)18(24(28)29)12-26(19)20/h5-9,11-14,16,19H,3-4,10H2,1-2H3,(H,28,29). The fourth-order valence-electron chi connectivity index (χ4n) is 4.97. The number of aromatic carboxylic acids is 1. The van der Waals surface area contributed by atoms with Gasteiger partial charge in [-0.3, -0.25) is 9.78 Å². The Labute approximate surface area is 169 Å². The fraction of sp³-hybridized carbons (Fsp3) is 0.375. The molecule has 1 saturated carbocycles. The smallest absolute Gasteiger partial charge is 0.341 e. The van der Waals surface area contributed by atoms with Crippen LogP contribution in [0.2, 0.25) is 0 Å². The molecule has 1 aliphatic heterocycles. The van der Waals surface area contributed by atoms with E-state index in [1.54, 1.807) is 24.7 Å². The number of hydrogen-bond acceptors (Lipinski definition) is 3. The molecule has 0 spiro atoms. The van der Waals surface area contributed by atoms with Crippen molar-refractivity contribution < 1.29 is 9.90 Å². The van der Waals surface area contributed by atoms with Gasteiger partial charge in [0.05, 0.1) is 0 Å². The molecule has 5 nitrogen and oxygen atoms in total. The van der Waals surface area contributed by atoms with Gasteiger partial charge in [-0.25, -0.2) is 4.79 Å². The van der Waals surface area contributed by atoms with Gasteiger partial charge in [-0.15, -0.1) is 0 Å². The lowest BCUT2D eigenvalue weighted by Crippen LogP contribution is -2.30. The monoisotopic (exact) mass is 388 g/mol. The predicted octanol–water partition coefficient (Wildman–Crippen LogP) is 4.42. The van der Waals surface area contributed by atoms with E-state index in [-0.39, 0.29) is 17.5 Å². The molecular weight excluding hydrogens is 364 g/mol. The summed E-state index contributed by atoms with van der Waals surface area (Å²) >= 11 is 0. The summed E-state index contributed by atoms with van der Waals surface area (Å²) in [6.45, 7) is 4.32. The minimum absolute atomic E-state index is 0.155. The number of hydrogen-bond donors (Lipinski definition) is 1. The number of rotatable bonds is 4. The quantitative estimate of drug-likeness (QED) is 0.842. The summed E-state index contributed by atoms with van der Waals surface area (Å²) < 4.78 is 2.05. The molecule has 0 aromatic carbocycles. The van der Waals surface area contributed by atoms with E-state index in [1.807, 2.05) is 16.7 Å². The summed E-state index contributed by atoms with van der Waals surface area (Å²) in [6, 6.07) is 5.77. The highest BCUT2D eigenvalue weighted by atomic mass is 16.4. The number of pyridine rings is 2. The van der Waals surface area contributed by atoms with Gasteiger partial charge in [-0.05, 0) is 65.5 Å². The van der Waals surface area contributed by atoms with Gasteiger partial charge in [-0.1, -0.05) is 19.9 Å². The fourth-order valence-corrected chi connectivity index (χ4v) is 4.97. The zero-order valence-corrected chi connectivity index (χ0v) is 16.6. The topological polar surface area (TPSA) is 72.2 Å². The van der Waals surface area contributed by atoms with Crippen LogP contribution < -0.4 is 5.43 Å². The average molecular weight is 388 g/mol. The molecule has 3 aliphatic rings. The minimum Gasteiger partial charge on any atom is -0.477 e. The van der Waals surface area contributed by atoms with E-state index in [0.717, 1.165) is 17.7 Å². The average Bonchev–Trinajstić information content (AvgIpc) is 3.47. The summed E-state index contributed by atoms with van der Waals surface area (Å²) in [6.07, 6.45) is 10.9. The molecule has 2 aromatic heterocycles. The molecule has 29 heavy (non-hydrogen) atoms. The van der Waals surface area contributed by atoms with Crippen molar-refractivity contribution >= 4 is 17.1 Å². The van der Waals surface area contributed by atoms with Crippen LogP contribution in [0.25, 0.3) is 11.1 Å². The van der Waals surface area contributed by atoms with E-state index in [4.69, 9.17) is 0 Å². The van der Waals surface area contributed by atoms with Gasteiger partial charge in [0, 0.05) is 42.3 Å². The molecule has 2 aromatic rings. The summed E-state index contributed by atoms with van der Waals surface area (Å²) in [5.74, 6) is 0.0205. The number of nitrogens with zero attached hydrogens (tertiary/aromatic N) is 2. The van der Waals surface area contributed by atoms with Crippen LogP contribution in [0.15, 0.2) is 53.2 Å². The van der Waals surface area contributed by atoms with Gasteiger partial charge in [0.15, 0.2) is 5.43 Å². The Morgan fingerprint density at radius 2 is 1.97 bits per heavy atom. The third kappa shape index (κ3) is 2.87. The van der Waals surface area contributed by atoms with Crippen LogP contribution in [0.3, 0.4) is 0 Å². The molecule has 0 amide bonds. The zero-order valence-electron chi connectivity index (χ0n) is 16.6. The van der Waals surface area contributed by atoms with E-state index < -0.39 is 11.4 Å². The summed E-state index contributed by atoms with van der Waals surface area (Å²) in [7, 11) is 0. The van der Waals surface area contributed by atoms with Crippen LogP contribution in [-0.4, -0.2) is 20.6 Å². The van der Waals surface area contributed by atoms with Crippen LogP contribution in [0.1, 0.15) is 60.8 Å². The molecule has 2 aliphatic carbocycles. The summed E-state index contributed by atoms with van der Waals surface area (Å²) in [4.78, 5) is 28.4. The van der Waals surface area contributed by atoms with Crippen molar-refractivity contribution in [3.05, 3.63) is 75.5 Å². The molecule has 0 bridgehead atoms. The van der Waals surface area contributed by atoms with Crippen molar-refractivity contribution in [2.45, 2.75) is 39.2 Å². The van der Waals surface area contributed by atoms with Crippen LogP contribution in [0, 0.1) is 17.8 Å². The number of carbonyl (C=O) groups is 1. The zero-order chi connectivity index (χ0) is 20.3. The number of carboxylic acids is 1. The summed E-state index contributed by atoms with van der Waals surface area (Å²) in [5, 5.41) is 9.49. The second-order valence-electron chi connectivity index (χ2n) is 8.72. The van der Waals surface area contributed by atoms with Gasteiger partial charge in [0.2, 0.25) is 0 Å². The van der Waals surface area contributed by atoms with Crippen LogP contribution in [0.4, 0.5) is 0 Å². The first-order valence-corrected chi connectivity index (χ1v) is 10.3. The van der Waals surface area contributed by atoms with E-state index in [1.165, 1.54) is 29.6 Å². The van der Waals surface area contributed by atoms with E-state index in [2.05, 4.69) is 24.9 Å². The summed E-state index contributed by atoms with van der Waals surface area (Å²) in [5.41, 5.74) is 5.20. The molecule has 2 atom stereocenters. The van der Waals surface area contributed by atoms with Crippen LogP contribution in [-0.2, 0) is 0 Å². The van der Waals surface area contributed by atoms with Crippen LogP contribution in [0.5, 0.6) is 0 Å². The van der Waals surface area contributed by atoms with Crippen molar-refractivity contribution in [1.29, 1.82) is 0 Å². The first-order valence-electron chi connectivity index (χ1n) is 10.3. The Morgan fingerprint density at radius 3 is 2.59 bits per heavy atom. The second-order valence-corrected chi connectivity index (χ2v) is 8.72. The molecule has 0 radical (unpaired) electrons. The Kier molecular flexibility index (Phi) is 4.09. The van der Waals surface area contributed by atoms with E-state index in [0.29, 0.717) is 11.8 Å². The van der Waals surface area contributed by atoms with Crippen molar-refractivity contribution in [2.75, 3.05) is 0 Å². The predicted molar refractivity (Wildman–Crippen MR) is 112 cm³/mol. The molecular formula is C24H24N2O3. The van der Waals surface area contributed by atoms with E-state index in [9.17, 15) is 14.7 Å². The Morgan fingerprint density at radius 1 is 1.24 bits per heavy atom. The molecule has 148 valence electrons. The van der Waals surface area contributed by atoms with Gasteiger partial charge < -0.3 is 9.67 Å². The second kappa shape index (κ2) is 6.55. The Hall–Kier alpha value is -2.95.